The Morgan fingerprint density at radius 2 is 1.67 bits per heavy atom. The van der Waals surface area contributed by atoms with Crippen molar-refractivity contribution in [2.45, 2.75) is 57.7 Å². The highest BCUT2D eigenvalue weighted by molar-refractivity contribution is 5.99. The number of carboxylic acids is 1. The first-order valence-corrected chi connectivity index (χ1v) is 16.1. The monoisotopic (exact) mass is 711 g/mol. The molecule has 0 saturated carbocycles. The largest absolute Gasteiger partial charge is 0.497 e. The number of benzene rings is 2. The third-order valence-corrected chi connectivity index (χ3v) is 7.51. The molecule has 17 heteroatoms. The van der Waals surface area contributed by atoms with E-state index in [0.29, 0.717) is 17.0 Å². The molecule has 2 aromatic rings. The van der Waals surface area contributed by atoms with Crippen LogP contribution in [-0.2, 0) is 30.3 Å². The summed E-state index contributed by atoms with van der Waals surface area (Å²) < 4.78 is 15.0. The number of alkyl carbamates (subject to hydrolysis) is 2. The predicted octanol–water partition coefficient (Wildman–Crippen LogP) is 1.77. The average molecular weight is 712 g/mol. The van der Waals surface area contributed by atoms with E-state index in [2.05, 4.69) is 25.7 Å². The number of nitrogens with one attached hydrogen (secondary N) is 3. The SMILES string of the molecule is COC(=O)NC(N)=Nc1ccc(C(=O)NC(Cc2ccc(OC)cc2)C(=O)N2CCN(CC(=O)O)C(=O)C2CCCNC(=O)OC(C)(C)C)cc1. The van der Waals surface area contributed by atoms with Gasteiger partial charge in [0.15, 0.2) is 0 Å². The summed E-state index contributed by atoms with van der Waals surface area (Å²) in [6.07, 6.45) is -1.01. The minimum Gasteiger partial charge on any atom is -0.497 e. The third kappa shape index (κ3) is 12.5. The standard InChI is InChI=1S/C34H45N7O10/c1-34(2,3)51-32(47)36-16-6-7-26-30(46)40(20-27(42)43)17-18-41(26)29(45)25(19-21-8-14-24(49-4)15-9-21)38-28(44)22-10-12-23(13-11-22)37-31(35)39-33(48)50-5/h8-15,25-26H,6-7,16-20H2,1-5H3,(H,36,47)(H,38,44)(H,42,43)(H3,35,37,39,48). The molecule has 6 N–H and O–H groups in total. The van der Waals surface area contributed by atoms with Crippen LogP contribution in [0, 0.1) is 0 Å². The molecule has 1 heterocycles. The Morgan fingerprint density at radius 1 is 1.00 bits per heavy atom. The number of hydrogen-bond acceptors (Lipinski definition) is 10. The number of piperazine rings is 1. The Bertz CT molecular complexity index is 1590. The number of guanidine groups is 1. The van der Waals surface area contributed by atoms with E-state index in [1.54, 1.807) is 45.0 Å². The van der Waals surface area contributed by atoms with Crippen LogP contribution in [0.25, 0.3) is 0 Å². The Morgan fingerprint density at radius 3 is 2.25 bits per heavy atom. The number of carboxylic acid groups (broad SMARTS) is 1. The summed E-state index contributed by atoms with van der Waals surface area (Å²) in [5, 5.41) is 17.0. The minimum absolute atomic E-state index is 0.0186. The number of methoxy groups -OCH3 is 2. The summed E-state index contributed by atoms with van der Waals surface area (Å²) >= 11 is 0. The van der Waals surface area contributed by atoms with Crippen molar-refractivity contribution in [3.8, 4) is 5.75 Å². The molecule has 0 bridgehead atoms. The molecular formula is C34H45N7O10. The molecule has 2 atom stereocenters. The van der Waals surface area contributed by atoms with E-state index < -0.39 is 60.1 Å². The maximum absolute atomic E-state index is 14.3. The molecule has 1 saturated heterocycles. The van der Waals surface area contributed by atoms with Crippen LogP contribution in [0.3, 0.4) is 0 Å². The van der Waals surface area contributed by atoms with Crippen molar-refractivity contribution in [3.63, 3.8) is 0 Å². The Kier molecular flexibility index (Phi) is 14.1. The zero-order valence-electron chi connectivity index (χ0n) is 29.3. The number of carbonyl (C=O) groups excluding carboxylic acids is 5. The van der Waals surface area contributed by atoms with Gasteiger partial charge in [-0.15, -0.1) is 0 Å². The highest BCUT2D eigenvalue weighted by Gasteiger charge is 2.40. The number of aliphatic carboxylic acids is 1. The van der Waals surface area contributed by atoms with Gasteiger partial charge in [-0.25, -0.2) is 14.6 Å². The molecular weight excluding hydrogens is 666 g/mol. The lowest BCUT2D eigenvalue weighted by Gasteiger charge is -2.41. The zero-order chi connectivity index (χ0) is 37.7. The van der Waals surface area contributed by atoms with Gasteiger partial charge in [0.2, 0.25) is 17.8 Å². The van der Waals surface area contributed by atoms with E-state index in [0.717, 1.165) is 0 Å². The Balaban J connectivity index is 1.85. The van der Waals surface area contributed by atoms with Gasteiger partial charge in [-0.05, 0) is 75.6 Å². The van der Waals surface area contributed by atoms with Gasteiger partial charge in [0.05, 0.1) is 19.9 Å². The quantitative estimate of drug-likeness (QED) is 0.114. The summed E-state index contributed by atoms with van der Waals surface area (Å²) in [6.45, 7) is 4.76. The number of ether oxygens (including phenoxy) is 3. The lowest BCUT2D eigenvalue weighted by molar-refractivity contribution is -0.156. The van der Waals surface area contributed by atoms with Crippen LogP contribution < -0.4 is 26.4 Å². The van der Waals surface area contributed by atoms with Crippen LogP contribution in [-0.4, -0.2) is 115 Å². The predicted molar refractivity (Wildman–Crippen MR) is 184 cm³/mol. The van der Waals surface area contributed by atoms with Gasteiger partial charge < -0.3 is 45.5 Å². The number of aliphatic imine (C=N–C) groups is 1. The van der Waals surface area contributed by atoms with Gasteiger partial charge in [-0.2, -0.15) is 0 Å². The fourth-order valence-corrected chi connectivity index (χ4v) is 5.15. The zero-order valence-corrected chi connectivity index (χ0v) is 29.3. The highest BCUT2D eigenvalue weighted by Crippen LogP contribution is 2.21. The van der Waals surface area contributed by atoms with E-state index in [-0.39, 0.29) is 50.4 Å². The van der Waals surface area contributed by atoms with Crippen molar-refractivity contribution in [2.24, 2.45) is 10.7 Å². The molecule has 276 valence electrons. The lowest BCUT2D eigenvalue weighted by Crippen LogP contribution is -2.63. The lowest BCUT2D eigenvalue weighted by atomic mass is 9.99. The van der Waals surface area contributed by atoms with Crippen molar-refractivity contribution in [3.05, 3.63) is 59.7 Å². The van der Waals surface area contributed by atoms with Crippen molar-refractivity contribution >= 4 is 47.5 Å². The molecule has 2 aromatic carbocycles. The van der Waals surface area contributed by atoms with Crippen LogP contribution in [0.4, 0.5) is 15.3 Å². The summed E-state index contributed by atoms with van der Waals surface area (Å²) in [5.74, 6) is -2.52. The molecule has 1 fully saturated rings. The van der Waals surface area contributed by atoms with Crippen LogP contribution in [0.2, 0.25) is 0 Å². The molecule has 0 spiro atoms. The first-order chi connectivity index (χ1) is 24.1. The molecule has 17 nitrogen and oxygen atoms in total. The number of amides is 5. The first-order valence-electron chi connectivity index (χ1n) is 16.1. The number of rotatable bonds is 13. The van der Waals surface area contributed by atoms with Gasteiger partial charge in [-0.1, -0.05) is 12.1 Å². The van der Waals surface area contributed by atoms with E-state index in [1.807, 2.05) is 0 Å². The molecule has 0 radical (unpaired) electrons. The molecule has 51 heavy (non-hydrogen) atoms. The highest BCUT2D eigenvalue weighted by atomic mass is 16.6. The summed E-state index contributed by atoms with van der Waals surface area (Å²) in [7, 11) is 2.69. The molecule has 0 aliphatic carbocycles. The average Bonchev–Trinajstić information content (AvgIpc) is 3.07. The van der Waals surface area contributed by atoms with E-state index in [4.69, 9.17) is 15.2 Å². The molecule has 1 aliphatic rings. The van der Waals surface area contributed by atoms with Crippen molar-refractivity contribution in [1.29, 1.82) is 0 Å². The normalized spacial score (nSPS) is 15.4. The molecule has 0 aromatic heterocycles. The second-order valence-electron chi connectivity index (χ2n) is 12.5. The van der Waals surface area contributed by atoms with Crippen molar-refractivity contribution < 1.29 is 48.1 Å². The molecule has 5 amide bonds. The first kappa shape index (κ1) is 39.6. The van der Waals surface area contributed by atoms with Crippen LogP contribution >= 0.6 is 0 Å². The topological polar surface area (TPSA) is 231 Å². The van der Waals surface area contributed by atoms with Gasteiger partial charge in [-0.3, -0.25) is 24.5 Å². The summed E-state index contributed by atoms with van der Waals surface area (Å²) in [4.78, 5) is 83.0. The molecule has 1 aliphatic heterocycles. The third-order valence-electron chi connectivity index (χ3n) is 7.51. The van der Waals surface area contributed by atoms with E-state index in [1.165, 1.54) is 48.3 Å². The number of hydrogen-bond donors (Lipinski definition) is 5. The van der Waals surface area contributed by atoms with Crippen LogP contribution in [0.1, 0.15) is 49.5 Å². The summed E-state index contributed by atoms with van der Waals surface area (Å²) in [5.41, 5.74) is 6.20. The number of carbonyl (C=O) groups is 6. The fourth-order valence-electron chi connectivity index (χ4n) is 5.15. The number of nitrogens with zero attached hydrogens (tertiary/aromatic N) is 3. The summed E-state index contributed by atoms with van der Waals surface area (Å²) in [6, 6.07) is 10.6. The Hall–Kier alpha value is -5.87. The smallest absolute Gasteiger partial charge is 0.413 e. The van der Waals surface area contributed by atoms with E-state index >= 15 is 0 Å². The number of nitrogens with two attached hydrogens (primary N) is 1. The fraction of sp³-hybridized carbons (Fsp3) is 0.441. The van der Waals surface area contributed by atoms with Crippen molar-refractivity contribution in [1.82, 2.24) is 25.8 Å². The van der Waals surface area contributed by atoms with Gasteiger partial charge in [0.1, 0.15) is 30.0 Å². The Labute approximate surface area is 295 Å². The van der Waals surface area contributed by atoms with Crippen LogP contribution in [0.15, 0.2) is 53.5 Å². The molecule has 2 unspecified atom stereocenters. The van der Waals surface area contributed by atoms with Crippen molar-refractivity contribution in [2.75, 3.05) is 40.4 Å². The maximum atomic E-state index is 14.3. The maximum Gasteiger partial charge on any atom is 0.413 e. The van der Waals surface area contributed by atoms with Crippen LogP contribution in [0.5, 0.6) is 5.75 Å². The molecule has 3 rings (SSSR count). The van der Waals surface area contributed by atoms with Gasteiger partial charge in [0, 0.05) is 31.6 Å². The van der Waals surface area contributed by atoms with Gasteiger partial charge >= 0.3 is 18.2 Å². The second-order valence-corrected chi connectivity index (χ2v) is 12.5. The van der Waals surface area contributed by atoms with E-state index in [9.17, 15) is 33.9 Å². The second kappa shape index (κ2) is 18.2. The minimum atomic E-state index is -1.20. The van der Waals surface area contributed by atoms with Gasteiger partial charge in [0.25, 0.3) is 5.91 Å².